The number of halogens is 1. The van der Waals surface area contributed by atoms with E-state index in [1.54, 1.807) is 0 Å². The van der Waals surface area contributed by atoms with Crippen molar-refractivity contribution in [1.82, 2.24) is 5.32 Å². The Bertz CT molecular complexity index is 144. The topological polar surface area (TPSA) is 29.1 Å². The molecule has 0 aromatic carbocycles. The largest absolute Gasteiger partial charge is 0.354 e. The Balaban J connectivity index is 3.38. The third-order valence-electron chi connectivity index (χ3n) is 1.63. The van der Waals surface area contributed by atoms with Gasteiger partial charge >= 0.3 is 0 Å². The van der Waals surface area contributed by atoms with Crippen LogP contribution in [0.15, 0.2) is 0 Å². The van der Waals surface area contributed by atoms with E-state index in [1.807, 2.05) is 11.8 Å². The number of hydrogen-bond acceptors (Lipinski definition) is 2. The minimum absolute atomic E-state index is 0.144. The predicted octanol–water partition coefficient (Wildman–Crippen LogP) is 2.42. The maximum Gasteiger partial charge on any atom is 0.221 e. The Labute approximate surface area is 93.4 Å². The molecule has 0 aliphatic carbocycles. The molecule has 0 radical (unpaired) electrons. The van der Waals surface area contributed by atoms with Gasteiger partial charge in [-0.15, -0.1) is 0 Å². The maximum absolute atomic E-state index is 11.1. The molecule has 0 bridgehead atoms. The molecule has 0 aliphatic heterocycles. The summed E-state index contributed by atoms with van der Waals surface area (Å²) in [4.78, 5) is 11.1. The zero-order valence-electron chi connectivity index (χ0n) is 8.31. The Morgan fingerprint density at radius 2 is 2.31 bits per heavy atom. The minimum atomic E-state index is 0.144. The lowest BCUT2D eigenvalue weighted by Gasteiger charge is -2.12. The van der Waals surface area contributed by atoms with Gasteiger partial charge < -0.3 is 5.32 Å². The molecule has 0 aromatic rings. The third-order valence-corrected chi connectivity index (χ3v) is 2.96. The Morgan fingerprint density at radius 3 is 2.85 bits per heavy atom. The first-order valence-electron chi connectivity index (χ1n) is 4.63. The van der Waals surface area contributed by atoms with E-state index < -0.39 is 0 Å². The van der Waals surface area contributed by atoms with E-state index >= 15 is 0 Å². The molecule has 1 N–H and O–H groups in total. The van der Waals surface area contributed by atoms with Crippen LogP contribution in [0.5, 0.6) is 0 Å². The van der Waals surface area contributed by atoms with Crippen molar-refractivity contribution < 1.29 is 4.79 Å². The summed E-state index contributed by atoms with van der Waals surface area (Å²) in [6, 6.07) is 0.311. The normalized spacial score (nSPS) is 12.5. The van der Waals surface area contributed by atoms with Crippen LogP contribution in [0.1, 0.15) is 26.7 Å². The van der Waals surface area contributed by atoms with Crippen molar-refractivity contribution in [2.75, 3.05) is 16.8 Å². The van der Waals surface area contributed by atoms with Crippen molar-refractivity contribution in [3.8, 4) is 0 Å². The molecule has 0 saturated carbocycles. The molecule has 0 spiro atoms. The van der Waals surface area contributed by atoms with Gasteiger partial charge in [0.05, 0.1) is 0 Å². The van der Waals surface area contributed by atoms with Crippen LogP contribution in [-0.4, -0.2) is 28.8 Å². The van der Waals surface area contributed by atoms with Crippen molar-refractivity contribution in [2.45, 2.75) is 32.7 Å². The lowest BCUT2D eigenvalue weighted by molar-refractivity contribution is -0.121. The molecule has 1 atom stereocenters. The van der Waals surface area contributed by atoms with Gasteiger partial charge in [-0.3, -0.25) is 4.79 Å². The summed E-state index contributed by atoms with van der Waals surface area (Å²) in [5, 5.41) is 3.70. The fraction of sp³-hybridized carbons (Fsp3) is 0.889. The monoisotopic (exact) mass is 267 g/mol. The van der Waals surface area contributed by atoms with Crippen LogP contribution in [0.25, 0.3) is 0 Å². The quantitative estimate of drug-likeness (QED) is 0.567. The summed E-state index contributed by atoms with van der Waals surface area (Å²) < 4.78 is 0. The van der Waals surface area contributed by atoms with Gasteiger partial charge in [0.25, 0.3) is 0 Å². The van der Waals surface area contributed by atoms with Crippen LogP contribution in [0.2, 0.25) is 0 Å². The molecule has 0 aromatic heterocycles. The van der Waals surface area contributed by atoms with Crippen LogP contribution >= 0.6 is 27.7 Å². The van der Waals surface area contributed by atoms with Gasteiger partial charge in [0, 0.05) is 17.8 Å². The highest BCUT2D eigenvalue weighted by Gasteiger charge is 2.05. The molecule has 0 saturated heterocycles. The molecule has 78 valence electrons. The van der Waals surface area contributed by atoms with Gasteiger partial charge in [0.1, 0.15) is 0 Å². The Kier molecular flexibility index (Phi) is 9.08. The standard InChI is InChI=1S/C9H18BrNOS/c1-3-13-7-5-8(2)11-9(12)4-6-10/h8H,3-7H2,1-2H3,(H,11,12). The first-order chi connectivity index (χ1) is 6.20. The molecule has 1 amide bonds. The summed E-state index contributed by atoms with van der Waals surface area (Å²) in [6.45, 7) is 4.21. The third kappa shape index (κ3) is 8.63. The van der Waals surface area contributed by atoms with Gasteiger partial charge in [-0.1, -0.05) is 22.9 Å². The summed E-state index contributed by atoms with van der Waals surface area (Å²) >= 11 is 5.16. The van der Waals surface area contributed by atoms with Crippen molar-refractivity contribution in [3.63, 3.8) is 0 Å². The fourth-order valence-corrected chi connectivity index (χ4v) is 2.08. The number of thioether (sulfide) groups is 1. The first-order valence-corrected chi connectivity index (χ1v) is 6.91. The summed E-state index contributed by atoms with van der Waals surface area (Å²) in [5.74, 6) is 2.43. The fourth-order valence-electron chi connectivity index (χ4n) is 0.909. The molecule has 2 nitrogen and oxygen atoms in total. The van der Waals surface area contributed by atoms with Crippen LogP contribution in [0, 0.1) is 0 Å². The lowest BCUT2D eigenvalue weighted by atomic mass is 10.2. The van der Waals surface area contributed by atoms with Crippen LogP contribution in [0.3, 0.4) is 0 Å². The first kappa shape index (κ1) is 13.3. The van der Waals surface area contributed by atoms with E-state index in [-0.39, 0.29) is 5.91 Å². The van der Waals surface area contributed by atoms with Crippen LogP contribution in [-0.2, 0) is 4.79 Å². The van der Waals surface area contributed by atoms with E-state index in [1.165, 1.54) is 0 Å². The molecule has 13 heavy (non-hydrogen) atoms. The van der Waals surface area contributed by atoms with E-state index in [2.05, 4.69) is 35.1 Å². The summed E-state index contributed by atoms with van der Waals surface area (Å²) in [7, 11) is 0. The maximum atomic E-state index is 11.1. The molecule has 1 unspecified atom stereocenters. The number of rotatable bonds is 7. The molecular formula is C9H18BrNOS. The second kappa shape index (κ2) is 8.88. The molecule has 0 heterocycles. The molecule has 4 heteroatoms. The number of nitrogens with one attached hydrogen (secondary N) is 1. The number of amides is 1. The van der Waals surface area contributed by atoms with Gasteiger partial charge in [-0.2, -0.15) is 11.8 Å². The van der Waals surface area contributed by atoms with Crippen molar-refractivity contribution >= 4 is 33.6 Å². The van der Waals surface area contributed by atoms with Gasteiger partial charge in [0.2, 0.25) is 5.91 Å². The van der Waals surface area contributed by atoms with Crippen molar-refractivity contribution in [2.24, 2.45) is 0 Å². The number of hydrogen-bond donors (Lipinski definition) is 1. The minimum Gasteiger partial charge on any atom is -0.354 e. The van der Waals surface area contributed by atoms with Crippen molar-refractivity contribution in [1.29, 1.82) is 0 Å². The highest BCUT2D eigenvalue weighted by atomic mass is 79.9. The van der Waals surface area contributed by atoms with Gasteiger partial charge in [-0.05, 0) is 24.9 Å². The van der Waals surface area contributed by atoms with E-state index in [4.69, 9.17) is 0 Å². The van der Waals surface area contributed by atoms with E-state index in [0.717, 1.165) is 23.3 Å². The number of alkyl halides is 1. The number of carbonyl (C=O) groups excluding carboxylic acids is 1. The lowest BCUT2D eigenvalue weighted by Crippen LogP contribution is -2.32. The molecule has 0 fully saturated rings. The van der Waals surface area contributed by atoms with E-state index in [9.17, 15) is 4.79 Å². The summed E-state index contributed by atoms with van der Waals surface area (Å²) in [6.07, 6.45) is 1.64. The van der Waals surface area contributed by atoms with Crippen LogP contribution < -0.4 is 5.32 Å². The van der Waals surface area contributed by atoms with Gasteiger partial charge in [0.15, 0.2) is 0 Å². The molecule has 0 rings (SSSR count). The number of carbonyl (C=O) groups is 1. The highest BCUT2D eigenvalue weighted by molar-refractivity contribution is 9.09. The SMILES string of the molecule is CCSCCC(C)NC(=O)CCBr. The second-order valence-corrected chi connectivity index (χ2v) is 5.08. The van der Waals surface area contributed by atoms with E-state index in [0.29, 0.717) is 12.5 Å². The zero-order chi connectivity index (χ0) is 10.1. The molecule has 0 aliphatic rings. The molecular weight excluding hydrogens is 250 g/mol. The van der Waals surface area contributed by atoms with Crippen LogP contribution in [0.4, 0.5) is 0 Å². The summed E-state index contributed by atoms with van der Waals surface area (Å²) in [5.41, 5.74) is 0. The smallest absolute Gasteiger partial charge is 0.221 e. The average Bonchev–Trinajstić information content (AvgIpc) is 2.05. The Morgan fingerprint density at radius 1 is 1.62 bits per heavy atom. The van der Waals surface area contributed by atoms with Gasteiger partial charge in [-0.25, -0.2) is 0 Å². The predicted molar refractivity (Wildman–Crippen MR) is 63.6 cm³/mol. The zero-order valence-corrected chi connectivity index (χ0v) is 10.7. The average molecular weight is 268 g/mol. The van der Waals surface area contributed by atoms with Crippen molar-refractivity contribution in [3.05, 3.63) is 0 Å². The Hall–Kier alpha value is 0.300. The highest BCUT2D eigenvalue weighted by Crippen LogP contribution is 2.03. The second-order valence-electron chi connectivity index (χ2n) is 2.89.